The molecule has 0 saturated carbocycles. The van der Waals surface area contributed by atoms with E-state index in [1.54, 1.807) is 0 Å². The summed E-state index contributed by atoms with van der Waals surface area (Å²) in [5.74, 6) is 1.54. The largest absolute Gasteiger partial charge is 0.465 e. The van der Waals surface area contributed by atoms with Gasteiger partial charge in [-0.2, -0.15) is 0 Å². The summed E-state index contributed by atoms with van der Waals surface area (Å²) in [6, 6.07) is 0. The Kier molecular flexibility index (Phi) is 36.2. The summed E-state index contributed by atoms with van der Waals surface area (Å²) >= 11 is 0. The molecule has 56 heavy (non-hydrogen) atoms. The molecular formula is C50H100N2O4. The van der Waals surface area contributed by atoms with Gasteiger partial charge in [0.1, 0.15) is 0 Å². The van der Waals surface area contributed by atoms with Crippen LogP contribution in [-0.2, 0) is 19.1 Å². The molecule has 0 aromatic carbocycles. The quantitative estimate of drug-likeness (QED) is 0.0490. The van der Waals surface area contributed by atoms with E-state index in [4.69, 9.17) is 15.2 Å². The third-order valence-electron chi connectivity index (χ3n) is 12.4. The van der Waals surface area contributed by atoms with Crippen molar-refractivity contribution in [1.29, 1.82) is 0 Å². The van der Waals surface area contributed by atoms with E-state index in [0.29, 0.717) is 19.8 Å². The summed E-state index contributed by atoms with van der Waals surface area (Å²) in [6.07, 6.45) is 36.5. The molecule has 0 amide bonds. The lowest BCUT2D eigenvalue weighted by Crippen LogP contribution is -2.31. The fourth-order valence-electron chi connectivity index (χ4n) is 8.30. The highest BCUT2D eigenvalue weighted by Gasteiger charge is 2.29. The number of hydrogen-bond acceptors (Lipinski definition) is 6. The maximum atomic E-state index is 12.9. The zero-order chi connectivity index (χ0) is 41.8. The summed E-state index contributed by atoms with van der Waals surface area (Å²) in [4.78, 5) is 28.4. The molecule has 0 atom stereocenters. The molecule has 2 N–H and O–H groups in total. The van der Waals surface area contributed by atoms with Gasteiger partial charge in [-0.05, 0) is 104 Å². The summed E-state index contributed by atoms with van der Waals surface area (Å²) in [5.41, 5.74) is 5.15. The standard InChI is InChI=1S/C50H100N2O4/c1-9-13-21-31-45(32-22-14-10-2)35-29-43-55-47(53)49(5,6)37-25-17-19-27-40-52(42-39-51)41-28-20-18-26-38-50(7,8)48(54)56-44-30-36-46(33-23-15-11-3)34-24-16-12-4/h45-46H,9-44,51H2,1-8H3. The van der Waals surface area contributed by atoms with E-state index in [-0.39, 0.29) is 11.9 Å². The summed E-state index contributed by atoms with van der Waals surface area (Å²) in [5, 5.41) is 0. The summed E-state index contributed by atoms with van der Waals surface area (Å²) < 4.78 is 11.6. The van der Waals surface area contributed by atoms with E-state index in [1.165, 1.54) is 141 Å². The van der Waals surface area contributed by atoms with Gasteiger partial charge in [0.15, 0.2) is 0 Å². The highest BCUT2D eigenvalue weighted by atomic mass is 16.5. The highest BCUT2D eigenvalue weighted by molar-refractivity contribution is 5.76. The molecule has 0 rings (SSSR count). The van der Waals surface area contributed by atoms with Gasteiger partial charge in [0.05, 0.1) is 24.0 Å². The van der Waals surface area contributed by atoms with Gasteiger partial charge < -0.3 is 20.1 Å². The number of unbranched alkanes of at least 4 members (excludes halogenated alkanes) is 14. The van der Waals surface area contributed by atoms with Gasteiger partial charge in [-0.1, -0.05) is 169 Å². The predicted octanol–water partition coefficient (Wildman–Crippen LogP) is 14.4. The Morgan fingerprint density at radius 3 is 1.09 bits per heavy atom. The van der Waals surface area contributed by atoms with Crippen molar-refractivity contribution in [3.05, 3.63) is 0 Å². The Bertz CT molecular complexity index is 802. The molecule has 0 aliphatic rings. The van der Waals surface area contributed by atoms with Crippen molar-refractivity contribution >= 4 is 11.9 Å². The maximum absolute atomic E-state index is 12.9. The molecule has 0 aromatic heterocycles. The molecule has 0 aliphatic heterocycles. The Morgan fingerprint density at radius 2 is 0.768 bits per heavy atom. The number of rotatable bonds is 42. The van der Waals surface area contributed by atoms with E-state index in [9.17, 15) is 9.59 Å². The summed E-state index contributed by atoms with van der Waals surface area (Å²) in [6.45, 7) is 22.3. The lowest BCUT2D eigenvalue weighted by atomic mass is 9.87. The fraction of sp³-hybridized carbons (Fsp3) is 0.960. The zero-order valence-corrected chi connectivity index (χ0v) is 39.3. The molecule has 0 aliphatic carbocycles. The molecule has 0 unspecified atom stereocenters. The van der Waals surface area contributed by atoms with E-state index in [1.807, 2.05) is 0 Å². The SMILES string of the molecule is CCCCCC(CCCCC)CCCOC(=O)C(C)(C)CCCCCCN(CCN)CCCCCCC(C)(C)C(=O)OCCCC(CCCCC)CCCCC. The number of ether oxygens (including phenoxy) is 2. The van der Waals surface area contributed by atoms with E-state index < -0.39 is 10.8 Å². The average molecular weight is 793 g/mol. The minimum absolute atomic E-state index is 0.0199. The Hall–Kier alpha value is -1.14. The van der Waals surface area contributed by atoms with Gasteiger partial charge in [-0.25, -0.2) is 0 Å². The number of esters is 2. The highest BCUT2D eigenvalue weighted by Crippen LogP contribution is 2.29. The molecule has 0 fully saturated rings. The number of hydrogen-bond donors (Lipinski definition) is 1. The van der Waals surface area contributed by atoms with Crippen LogP contribution >= 0.6 is 0 Å². The van der Waals surface area contributed by atoms with Crippen LogP contribution in [0.4, 0.5) is 0 Å². The minimum atomic E-state index is -0.409. The van der Waals surface area contributed by atoms with Crippen molar-refractivity contribution in [3.8, 4) is 0 Å². The predicted molar refractivity (Wildman–Crippen MR) is 243 cm³/mol. The van der Waals surface area contributed by atoms with Crippen LogP contribution in [0.2, 0.25) is 0 Å². The molecule has 0 saturated heterocycles. The van der Waals surface area contributed by atoms with E-state index >= 15 is 0 Å². The lowest BCUT2D eigenvalue weighted by molar-refractivity contribution is -0.155. The Morgan fingerprint density at radius 1 is 0.446 bits per heavy atom. The van der Waals surface area contributed by atoms with Crippen molar-refractivity contribution < 1.29 is 19.1 Å². The zero-order valence-electron chi connectivity index (χ0n) is 39.3. The molecule has 6 heteroatoms. The van der Waals surface area contributed by atoms with E-state index in [2.05, 4.69) is 60.3 Å². The molecule has 0 heterocycles. The molecule has 0 radical (unpaired) electrons. The normalized spacial score (nSPS) is 12.4. The third-order valence-corrected chi connectivity index (χ3v) is 12.4. The first-order valence-electron chi connectivity index (χ1n) is 24.7. The number of nitrogens with two attached hydrogens (primary N) is 1. The number of carbonyl (C=O) groups is 2. The van der Waals surface area contributed by atoms with Crippen LogP contribution < -0.4 is 5.73 Å². The van der Waals surface area contributed by atoms with Crippen LogP contribution in [0.25, 0.3) is 0 Å². The van der Waals surface area contributed by atoms with Crippen molar-refractivity contribution in [1.82, 2.24) is 4.90 Å². The fourth-order valence-corrected chi connectivity index (χ4v) is 8.30. The first-order valence-corrected chi connectivity index (χ1v) is 24.7. The van der Waals surface area contributed by atoms with Crippen molar-refractivity contribution in [3.63, 3.8) is 0 Å². The van der Waals surface area contributed by atoms with Gasteiger partial charge in [0.2, 0.25) is 0 Å². The first kappa shape index (κ1) is 54.9. The van der Waals surface area contributed by atoms with Crippen molar-refractivity contribution in [2.45, 2.75) is 248 Å². The molecule has 0 spiro atoms. The van der Waals surface area contributed by atoms with Gasteiger partial charge >= 0.3 is 11.9 Å². The van der Waals surface area contributed by atoms with Crippen molar-refractivity contribution in [2.75, 3.05) is 39.4 Å². The Balaban J connectivity index is 4.23. The van der Waals surface area contributed by atoms with Crippen LogP contribution in [0.3, 0.4) is 0 Å². The van der Waals surface area contributed by atoms with Gasteiger partial charge in [-0.15, -0.1) is 0 Å². The number of carbonyl (C=O) groups excluding carboxylic acids is 2. The topological polar surface area (TPSA) is 81.9 Å². The van der Waals surface area contributed by atoms with Crippen LogP contribution in [0.15, 0.2) is 0 Å². The monoisotopic (exact) mass is 793 g/mol. The second-order valence-electron chi connectivity index (χ2n) is 19.0. The summed E-state index contributed by atoms with van der Waals surface area (Å²) in [7, 11) is 0. The second kappa shape index (κ2) is 36.9. The minimum Gasteiger partial charge on any atom is -0.465 e. The molecule has 0 bridgehead atoms. The van der Waals surface area contributed by atoms with E-state index in [0.717, 1.165) is 82.8 Å². The second-order valence-corrected chi connectivity index (χ2v) is 19.0. The van der Waals surface area contributed by atoms with Crippen LogP contribution in [0, 0.1) is 22.7 Å². The smallest absolute Gasteiger partial charge is 0.311 e. The average Bonchev–Trinajstić information content (AvgIpc) is 3.17. The Labute approximate surface area is 350 Å². The maximum Gasteiger partial charge on any atom is 0.311 e. The third kappa shape index (κ3) is 30.9. The molecule has 334 valence electrons. The molecular weight excluding hydrogens is 693 g/mol. The van der Waals surface area contributed by atoms with Crippen LogP contribution in [0.1, 0.15) is 248 Å². The van der Waals surface area contributed by atoms with Crippen molar-refractivity contribution in [2.24, 2.45) is 28.4 Å². The molecule has 0 aromatic rings. The first-order chi connectivity index (χ1) is 27.0. The molecule has 6 nitrogen and oxygen atoms in total. The van der Waals surface area contributed by atoms with Gasteiger partial charge in [-0.3, -0.25) is 9.59 Å². The van der Waals surface area contributed by atoms with Gasteiger partial charge in [0.25, 0.3) is 0 Å². The number of nitrogens with zero attached hydrogens (tertiary/aromatic N) is 1. The lowest BCUT2D eigenvalue weighted by Gasteiger charge is -2.24. The van der Waals surface area contributed by atoms with Crippen LogP contribution in [-0.4, -0.2) is 56.2 Å². The van der Waals surface area contributed by atoms with Gasteiger partial charge in [0, 0.05) is 13.1 Å². The van der Waals surface area contributed by atoms with Crippen LogP contribution in [0.5, 0.6) is 0 Å².